The fraction of sp³-hybridized carbons (Fsp3) is 1.00. The molecule has 0 aliphatic heterocycles. The minimum Gasteiger partial charge on any atom is -0.422 e. The number of rotatable bonds is 7. The van der Waals surface area contributed by atoms with Crippen molar-refractivity contribution in [1.29, 1.82) is 0 Å². The molecule has 0 saturated carbocycles. The second-order valence-corrected chi connectivity index (χ2v) is 5.78. The summed E-state index contributed by atoms with van der Waals surface area (Å²) in [4.78, 5) is 0. The van der Waals surface area contributed by atoms with Gasteiger partial charge >= 0.3 is 0 Å². The Hall–Kier alpha value is 0.177. The molecule has 92 valence electrons. The average molecular weight is 230 g/mol. The van der Waals surface area contributed by atoms with E-state index in [4.69, 9.17) is 4.43 Å². The molecule has 0 aromatic heterocycles. The summed E-state index contributed by atoms with van der Waals surface area (Å²) in [5, 5.41) is 0. The highest BCUT2D eigenvalue weighted by Gasteiger charge is 2.39. The van der Waals surface area contributed by atoms with Gasteiger partial charge in [0.1, 0.15) is 10.5 Å². The maximum absolute atomic E-state index is 6.09. The van der Waals surface area contributed by atoms with E-state index in [2.05, 4.69) is 41.5 Å². The van der Waals surface area contributed by atoms with E-state index in [0.717, 1.165) is 16.4 Å². The first-order valence-electron chi connectivity index (χ1n) is 6.49. The van der Waals surface area contributed by atoms with Gasteiger partial charge in [-0.2, -0.15) is 0 Å². The Morgan fingerprint density at radius 2 is 1.40 bits per heavy atom. The first-order valence-corrected chi connectivity index (χ1v) is 7.31. The lowest BCUT2D eigenvalue weighted by Gasteiger charge is -2.44. The molecule has 0 radical (unpaired) electrons. The second kappa shape index (κ2) is 6.69. The zero-order valence-corrected chi connectivity index (χ0v) is 13.8. The Balaban J connectivity index is 4.91. The third kappa shape index (κ3) is 3.60. The van der Waals surface area contributed by atoms with Gasteiger partial charge in [-0.25, -0.2) is 0 Å². The predicted octanol–water partition coefficient (Wildman–Crippen LogP) is 3.16. The number of hydrogen-bond acceptors (Lipinski definition) is 1. The molecular weight excluding hydrogens is 200 g/mol. The van der Waals surface area contributed by atoms with Gasteiger partial charge in [0, 0.05) is 0 Å². The molecule has 0 fully saturated rings. The Labute approximate surface area is 99.5 Å². The van der Waals surface area contributed by atoms with Crippen molar-refractivity contribution in [3.8, 4) is 0 Å². The zero-order chi connectivity index (χ0) is 12.1. The van der Waals surface area contributed by atoms with Crippen LogP contribution in [0, 0.1) is 17.8 Å². The van der Waals surface area contributed by atoms with Gasteiger partial charge in [0.15, 0.2) is 0 Å². The summed E-state index contributed by atoms with van der Waals surface area (Å²) in [6, 6.07) is 0. The molecule has 0 aliphatic carbocycles. The monoisotopic (exact) mass is 230 g/mol. The Morgan fingerprint density at radius 3 is 1.60 bits per heavy atom. The minimum atomic E-state index is 0.143. The van der Waals surface area contributed by atoms with E-state index in [0.29, 0.717) is 11.8 Å². The average Bonchev–Trinajstić information content (AvgIpc) is 2.23. The summed E-state index contributed by atoms with van der Waals surface area (Å²) in [6.07, 6.45) is 3.65. The van der Waals surface area contributed by atoms with Gasteiger partial charge in [0.25, 0.3) is 0 Å². The van der Waals surface area contributed by atoms with Crippen molar-refractivity contribution in [3.05, 3.63) is 0 Å². The topological polar surface area (TPSA) is 9.23 Å². The lowest BCUT2D eigenvalue weighted by molar-refractivity contribution is -0.0472. The first kappa shape index (κ1) is 15.2. The van der Waals surface area contributed by atoms with Crippen molar-refractivity contribution in [3.63, 3.8) is 0 Å². The lowest BCUT2D eigenvalue weighted by Crippen LogP contribution is -2.46. The second-order valence-electron chi connectivity index (χ2n) is 5.38. The summed E-state index contributed by atoms with van der Waals surface area (Å²) >= 11 is 0. The molecule has 0 saturated heterocycles. The van der Waals surface area contributed by atoms with Gasteiger partial charge in [0.05, 0.1) is 5.60 Å². The summed E-state index contributed by atoms with van der Waals surface area (Å²) in [7, 11) is 0.856. The van der Waals surface area contributed by atoms with Crippen molar-refractivity contribution in [2.24, 2.45) is 17.8 Å². The minimum absolute atomic E-state index is 0.143. The zero-order valence-electron chi connectivity index (χ0n) is 11.8. The van der Waals surface area contributed by atoms with Crippen LogP contribution in [-0.4, -0.2) is 16.1 Å². The van der Waals surface area contributed by atoms with E-state index in [1.807, 2.05) is 0 Å². The highest BCUT2D eigenvalue weighted by molar-refractivity contribution is 5.98. The fourth-order valence-electron chi connectivity index (χ4n) is 2.70. The van der Waals surface area contributed by atoms with Crippen molar-refractivity contribution in [1.82, 2.24) is 0 Å². The standard InChI is InChI=1S/C13H30OSi/c1-7-11(5)13(14-15,9-10(3)4)12(6)8-2/h10-12H,7-9H2,1-6,15H3. The van der Waals surface area contributed by atoms with Crippen LogP contribution in [0.1, 0.15) is 60.8 Å². The van der Waals surface area contributed by atoms with Crippen LogP contribution in [0.2, 0.25) is 0 Å². The molecule has 0 aliphatic rings. The van der Waals surface area contributed by atoms with E-state index in [-0.39, 0.29) is 5.60 Å². The maximum Gasteiger partial charge on any atom is 0.146 e. The summed E-state index contributed by atoms with van der Waals surface area (Å²) in [5.74, 6) is 2.07. The van der Waals surface area contributed by atoms with Crippen molar-refractivity contribution < 1.29 is 4.43 Å². The van der Waals surface area contributed by atoms with Gasteiger partial charge in [-0.3, -0.25) is 0 Å². The fourth-order valence-corrected chi connectivity index (χ4v) is 3.67. The summed E-state index contributed by atoms with van der Waals surface area (Å²) in [6.45, 7) is 13.9. The van der Waals surface area contributed by atoms with Gasteiger partial charge in [0.2, 0.25) is 0 Å². The molecular formula is C13H30OSi. The van der Waals surface area contributed by atoms with Crippen molar-refractivity contribution >= 4 is 10.5 Å². The SMILES string of the molecule is CCC(C)C(CC(C)C)(O[SiH3])C(C)CC. The van der Waals surface area contributed by atoms with Crippen LogP contribution in [0.15, 0.2) is 0 Å². The predicted molar refractivity (Wildman–Crippen MR) is 72.1 cm³/mol. The summed E-state index contributed by atoms with van der Waals surface area (Å²) in [5.41, 5.74) is 0.143. The van der Waals surface area contributed by atoms with Crippen LogP contribution < -0.4 is 0 Å². The molecule has 2 unspecified atom stereocenters. The first-order chi connectivity index (χ1) is 6.94. The molecule has 0 rings (SSSR count). The van der Waals surface area contributed by atoms with E-state index in [9.17, 15) is 0 Å². The molecule has 2 heteroatoms. The molecule has 0 amide bonds. The molecule has 15 heavy (non-hydrogen) atoms. The van der Waals surface area contributed by atoms with Gasteiger partial charge in [-0.05, 0) is 24.2 Å². The molecule has 0 spiro atoms. The molecule has 0 N–H and O–H groups in total. The van der Waals surface area contributed by atoms with Crippen LogP contribution in [0.3, 0.4) is 0 Å². The Morgan fingerprint density at radius 1 is 1.00 bits per heavy atom. The van der Waals surface area contributed by atoms with Crippen LogP contribution in [0.25, 0.3) is 0 Å². The third-order valence-corrected chi connectivity index (χ3v) is 4.76. The molecule has 2 atom stereocenters. The highest BCUT2D eigenvalue weighted by atomic mass is 28.2. The highest BCUT2D eigenvalue weighted by Crippen LogP contribution is 2.39. The van der Waals surface area contributed by atoms with Gasteiger partial charge < -0.3 is 4.43 Å². The Bertz CT molecular complexity index is 158. The summed E-state index contributed by atoms with van der Waals surface area (Å²) < 4.78 is 6.09. The lowest BCUT2D eigenvalue weighted by atomic mass is 9.72. The normalized spacial score (nSPS) is 20.2. The van der Waals surface area contributed by atoms with E-state index in [1.54, 1.807) is 0 Å². The molecule has 0 aromatic rings. The molecule has 0 bridgehead atoms. The van der Waals surface area contributed by atoms with Crippen LogP contribution in [0.5, 0.6) is 0 Å². The smallest absolute Gasteiger partial charge is 0.146 e. The number of hydrogen-bond donors (Lipinski definition) is 0. The van der Waals surface area contributed by atoms with E-state index in [1.165, 1.54) is 19.3 Å². The van der Waals surface area contributed by atoms with E-state index < -0.39 is 0 Å². The molecule has 0 aromatic carbocycles. The Kier molecular flexibility index (Phi) is 6.77. The van der Waals surface area contributed by atoms with Crippen LogP contribution >= 0.6 is 0 Å². The van der Waals surface area contributed by atoms with Gasteiger partial charge in [-0.15, -0.1) is 0 Å². The largest absolute Gasteiger partial charge is 0.422 e. The van der Waals surface area contributed by atoms with Crippen molar-refractivity contribution in [2.45, 2.75) is 66.4 Å². The van der Waals surface area contributed by atoms with Gasteiger partial charge in [-0.1, -0.05) is 54.4 Å². The molecule has 0 heterocycles. The van der Waals surface area contributed by atoms with E-state index >= 15 is 0 Å². The molecule has 1 nitrogen and oxygen atoms in total. The quantitative estimate of drug-likeness (QED) is 0.611. The van der Waals surface area contributed by atoms with Crippen LogP contribution in [0.4, 0.5) is 0 Å². The maximum atomic E-state index is 6.09. The van der Waals surface area contributed by atoms with Crippen LogP contribution in [-0.2, 0) is 4.43 Å². The third-order valence-electron chi connectivity index (χ3n) is 4.00. The van der Waals surface area contributed by atoms with Crippen molar-refractivity contribution in [2.75, 3.05) is 0 Å².